The number of nitrogens with one attached hydrogen (secondary N) is 2. The third-order valence-corrected chi connectivity index (χ3v) is 3.59. The number of aliphatic hydroxyl groups is 2. The lowest BCUT2D eigenvalue weighted by Gasteiger charge is -2.23. The molecular weight excluding hydrogens is 362 g/mol. The summed E-state index contributed by atoms with van der Waals surface area (Å²) in [6, 6.07) is 10.4. The van der Waals surface area contributed by atoms with Crippen LogP contribution in [0.5, 0.6) is 0 Å². The maximum atomic E-state index is 11.5. The molecule has 0 aliphatic rings. The molecule has 8 N–H and O–H groups in total. The van der Waals surface area contributed by atoms with Gasteiger partial charge in [0.05, 0.1) is 30.1 Å². The third kappa shape index (κ3) is 6.93. The summed E-state index contributed by atoms with van der Waals surface area (Å²) in [4.78, 5) is 15.5. The highest BCUT2D eigenvalue weighted by atomic mass is 16.5. The molecule has 0 aliphatic carbocycles. The Morgan fingerprint density at radius 3 is 2.43 bits per heavy atom. The second-order valence-corrected chi connectivity index (χ2v) is 5.80. The number of aromatic nitrogens is 1. The van der Waals surface area contributed by atoms with Crippen LogP contribution in [0.25, 0.3) is 0 Å². The van der Waals surface area contributed by atoms with Crippen molar-refractivity contribution in [3.05, 3.63) is 42.0 Å². The van der Waals surface area contributed by atoms with Crippen molar-refractivity contribution in [1.29, 1.82) is 0 Å². The van der Waals surface area contributed by atoms with E-state index in [4.69, 9.17) is 21.3 Å². The molecule has 2 rings (SSSR count). The van der Waals surface area contributed by atoms with Crippen LogP contribution in [0.15, 0.2) is 36.4 Å². The molecule has 1 heterocycles. The summed E-state index contributed by atoms with van der Waals surface area (Å²) in [6.07, 6.45) is -1.39. The Morgan fingerprint density at radius 2 is 1.86 bits per heavy atom. The van der Waals surface area contributed by atoms with E-state index in [1.165, 1.54) is 6.07 Å². The SMILES string of the molecule is CCO.CCOC(=O)Nc1cc(NC(C)[C@H](O)c2ccccc2)c(N)c(N)n1. The van der Waals surface area contributed by atoms with Crippen LogP contribution in [0, 0.1) is 0 Å². The molecule has 0 aliphatic heterocycles. The van der Waals surface area contributed by atoms with Gasteiger partial charge < -0.3 is 31.7 Å². The molecule has 0 spiro atoms. The fourth-order valence-corrected chi connectivity index (χ4v) is 2.29. The minimum atomic E-state index is -0.753. The predicted molar refractivity (Wildman–Crippen MR) is 111 cm³/mol. The normalized spacial score (nSPS) is 12.2. The predicted octanol–water partition coefficient (Wildman–Crippen LogP) is 2.35. The Labute approximate surface area is 164 Å². The van der Waals surface area contributed by atoms with Gasteiger partial charge in [0.2, 0.25) is 0 Å². The molecule has 0 bridgehead atoms. The number of pyridine rings is 1. The van der Waals surface area contributed by atoms with Crippen molar-refractivity contribution in [3.63, 3.8) is 0 Å². The zero-order valence-corrected chi connectivity index (χ0v) is 16.3. The van der Waals surface area contributed by atoms with E-state index < -0.39 is 12.2 Å². The second-order valence-electron chi connectivity index (χ2n) is 5.80. The van der Waals surface area contributed by atoms with Crippen molar-refractivity contribution < 1.29 is 19.7 Å². The van der Waals surface area contributed by atoms with Crippen LogP contribution in [0.4, 0.5) is 27.8 Å². The number of carbonyl (C=O) groups excluding carboxylic acids is 1. The monoisotopic (exact) mass is 391 g/mol. The molecule has 0 radical (unpaired) electrons. The van der Waals surface area contributed by atoms with Crippen molar-refractivity contribution in [2.24, 2.45) is 0 Å². The molecular formula is C19H29N5O4. The van der Waals surface area contributed by atoms with Gasteiger partial charge in [0.25, 0.3) is 0 Å². The Bertz CT molecular complexity index is 743. The first-order chi connectivity index (χ1) is 13.3. The van der Waals surface area contributed by atoms with Gasteiger partial charge in [-0.1, -0.05) is 30.3 Å². The fraction of sp³-hybridized carbons (Fsp3) is 0.368. The molecule has 9 heteroatoms. The smallest absolute Gasteiger partial charge is 0.412 e. The van der Waals surface area contributed by atoms with E-state index in [2.05, 4.69) is 15.6 Å². The number of nitrogens with two attached hydrogens (primary N) is 2. The summed E-state index contributed by atoms with van der Waals surface area (Å²) in [5.41, 5.74) is 13.2. The molecule has 1 unspecified atom stereocenters. The highest BCUT2D eigenvalue weighted by Crippen LogP contribution is 2.29. The lowest BCUT2D eigenvalue weighted by Crippen LogP contribution is -2.25. The molecule has 1 amide bonds. The van der Waals surface area contributed by atoms with Crippen molar-refractivity contribution in [2.45, 2.75) is 32.9 Å². The number of hydrogen-bond donors (Lipinski definition) is 6. The summed E-state index contributed by atoms with van der Waals surface area (Å²) >= 11 is 0. The number of aliphatic hydroxyl groups excluding tert-OH is 2. The van der Waals surface area contributed by atoms with Gasteiger partial charge >= 0.3 is 6.09 Å². The van der Waals surface area contributed by atoms with Gasteiger partial charge in [0.1, 0.15) is 5.82 Å². The molecule has 1 aromatic heterocycles. The lowest BCUT2D eigenvalue weighted by atomic mass is 10.0. The molecule has 1 aromatic carbocycles. The molecule has 154 valence electrons. The average molecular weight is 391 g/mol. The topological polar surface area (TPSA) is 156 Å². The Balaban J connectivity index is 0.00000122. The van der Waals surface area contributed by atoms with Crippen LogP contribution in [0.1, 0.15) is 32.4 Å². The number of hydrogen-bond acceptors (Lipinski definition) is 8. The van der Waals surface area contributed by atoms with E-state index in [0.29, 0.717) is 5.69 Å². The standard InChI is InChI=1S/C17H23N5O3.C2H6O/c1-3-25-17(24)22-13-9-12(14(18)16(19)21-13)20-10(2)15(23)11-7-5-4-6-8-11;1-2-3/h4-10,15,23H,3,18H2,1-2H3,(H4,19,20,21,22,24);3H,2H2,1H3/t10?,15-;/m0./s1. The average Bonchev–Trinajstić information content (AvgIpc) is 2.66. The minimum absolute atomic E-state index is 0.0678. The molecule has 28 heavy (non-hydrogen) atoms. The van der Waals surface area contributed by atoms with Crippen molar-refractivity contribution in [1.82, 2.24) is 4.98 Å². The van der Waals surface area contributed by atoms with Crippen LogP contribution >= 0.6 is 0 Å². The third-order valence-electron chi connectivity index (χ3n) is 3.59. The minimum Gasteiger partial charge on any atom is -0.450 e. The lowest BCUT2D eigenvalue weighted by molar-refractivity contribution is 0.160. The van der Waals surface area contributed by atoms with Gasteiger partial charge in [-0.2, -0.15) is 0 Å². The molecule has 0 fully saturated rings. The highest BCUT2D eigenvalue weighted by Gasteiger charge is 2.18. The first-order valence-electron chi connectivity index (χ1n) is 8.94. The van der Waals surface area contributed by atoms with Crippen molar-refractivity contribution in [2.75, 3.05) is 35.3 Å². The van der Waals surface area contributed by atoms with Crippen LogP contribution < -0.4 is 22.1 Å². The van der Waals surface area contributed by atoms with Gasteiger partial charge in [-0.15, -0.1) is 0 Å². The molecule has 2 atom stereocenters. The zero-order valence-electron chi connectivity index (χ0n) is 16.3. The summed E-state index contributed by atoms with van der Waals surface area (Å²) in [5, 5.41) is 23.6. The zero-order chi connectivity index (χ0) is 21.1. The number of amides is 1. The highest BCUT2D eigenvalue weighted by molar-refractivity contribution is 5.87. The van der Waals surface area contributed by atoms with Gasteiger partial charge in [-0.05, 0) is 26.3 Å². The Morgan fingerprint density at radius 1 is 1.25 bits per heavy atom. The number of rotatable bonds is 6. The number of ether oxygens (including phenoxy) is 1. The maximum absolute atomic E-state index is 11.5. The molecule has 0 saturated carbocycles. The Kier molecular flexibility index (Phi) is 9.55. The Hall–Kier alpha value is -3.04. The van der Waals surface area contributed by atoms with Crippen LogP contribution in [0.2, 0.25) is 0 Å². The fourth-order valence-electron chi connectivity index (χ4n) is 2.29. The van der Waals surface area contributed by atoms with Crippen LogP contribution in [-0.4, -0.2) is 40.5 Å². The van der Waals surface area contributed by atoms with E-state index in [9.17, 15) is 9.90 Å². The largest absolute Gasteiger partial charge is 0.450 e. The summed E-state index contributed by atoms with van der Waals surface area (Å²) in [5.74, 6) is 0.271. The van der Waals surface area contributed by atoms with Gasteiger partial charge in [0, 0.05) is 12.7 Å². The summed E-state index contributed by atoms with van der Waals surface area (Å²) in [7, 11) is 0. The van der Waals surface area contributed by atoms with Crippen LogP contribution in [-0.2, 0) is 4.74 Å². The molecule has 9 nitrogen and oxygen atoms in total. The second kappa shape index (κ2) is 11.6. The number of nitrogen functional groups attached to an aromatic ring is 2. The van der Waals surface area contributed by atoms with Gasteiger partial charge in [-0.25, -0.2) is 9.78 Å². The first-order valence-corrected chi connectivity index (χ1v) is 8.94. The van der Waals surface area contributed by atoms with E-state index in [0.717, 1.165) is 5.56 Å². The van der Waals surface area contributed by atoms with Crippen molar-refractivity contribution in [3.8, 4) is 0 Å². The maximum Gasteiger partial charge on any atom is 0.412 e. The van der Waals surface area contributed by atoms with Gasteiger partial charge in [0.15, 0.2) is 5.82 Å². The first kappa shape index (κ1) is 23.0. The summed E-state index contributed by atoms with van der Waals surface area (Å²) < 4.78 is 4.81. The number of benzene rings is 1. The van der Waals surface area contributed by atoms with Crippen LogP contribution in [0.3, 0.4) is 0 Å². The number of nitrogens with zero attached hydrogens (tertiary/aromatic N) is 1. The van der Waals surface area contributed by atoms with Crippen molar-refractivity contribution >= 4 is 29.1 Å². The number of anilines is 4. The van der Waals surface area contributed by atoms with E-state index >= 15 is 0 Å². The summed E-state index contributed by atoms with van der Waals surface area (Å²) in [6.45, 7) is 5.68. The molecule has 0 saturated heterocycles. The number of carbonyl (C=O) groups is 1. The quantitative estimate of drug-likeness (QED) is 0.438. The molecule has 2 aromatic rings. The van der Waals surface area contributed by atoms with E-state index in [-0.39, 0.29) is 36.6 Å². The van der Waals surface area contributed by atoms with E-state index in [1.54, 1.807) is 13.8 Å². The van der Waals surface area contributed by atoms with E-state index in [1.807, 2.05) is 37.3 Å². The van der Waals surface area contributed by atoms with Gasteiger partial charge in [-0.3, -0.25) is 5.32 Å².